The molecule has 0 unspecified atom stereocenters. The summed E-state index contributed by atoms with van der Waals surface area (Å²) >= 11 is 0. The van der Waals surface area contributed by atoms with Gasteiger partial charge in [-0.2, -0.15) is 4.98 Å². The molecular formula is C12H19N3O2. The van der Waals surface area contributed by atoms with Crippen molar-refractivity contribution in [3.8, 4) is 5.88 Å². The minimum Gasteiger partial charge on any atom is -0.481 e. The lowest BCUT2D eigenvalue weighted by atomic mass is 10.1. The molecule has 0 atom stereocenters. The Labute approximate surface area is 102 Å². The Kier molecular flexibility index (Phi) is 4.31. The second-order valence-electron chi connectivity index (χ2n) is 4.72. The third kappa shape index (κ3) is 5.19. The molecule has 1 rings (SSSR count). The van der Waals surface area contributed by atoms with Crippen molar-refractivity contribution in [3.05, 3.63) is 18.2 Å². The van der Waals surface area contributed by atoms with Gasteiger partial charge in [-0.1, -0.05) is 6.07 Å². The predicted octanol–water partition coefficient (Wildman–Crippen LogP) is 1.42. The summed E-state index contributed by atoms with van der Waals surface area (Å²) in [5.41, 5.74) is -0.222. The number of amides is 1. The number of nitrogens with zero attached hydrogens (tertiary/aromatic N) is 1. The number of nitrogens with one attached hydrogen (secondary N) is 2. The third-order valence-electron chi connectivity index (χ3n) is 1.88. The highest BCUT2D eigenvalue weighted by atomic mass is 16.5. The van der Waals surface area contributed by atoms with E-state index >= 15 is 0 Å². The smallest absolute Gasteiger partial charge is 0.239 e. The second-order valence-corrected chi connectivity index (χ2v) is 4.72. The molecule has 0 aromatic carbocycles. The molecule has 0 fully saturated rings. The van der Waals surface area contributed by atoms with Crippen molar-refractivity contribution in [1.82, 2.24) is 10.3 Å². The summed E-state index contributed by atoms with van der Waals surface area (Å²) < 4.78 is 4.99. The number of rotatable bonds is 4. The number of carbonyl (C=O) groups excluding carboxylic acids is 1. The van der Waals surface area contributed by atoms with E-state index in [2.05, 4.69) is 15.6 Å². The Morgan fingerprint density at radius 3 is 2.71 bits per heavy atom. The van der Waals surface area contributed by atoms with E-state index in [1.54, 1.807) is 19.2 Å². The maximum atomic E-state index is 11.6. The van der Waals surface area contributed by atoms with Crippen molar-refractivity contribution in [2.75, 3.05) is 19.0 Å². The van der Waals surface area contributed by atoms with Crippen molar-refractivity contribution in [1.29, 1.82) is 0 Å². The standard InChI is InChI=1S/C12H19N3O2/c1-12(2,3)15-10(16)8-13-9-6-5-7-11(14-9)17-4/h5-7H,8H2,1-4H3,(H,13,14)(H,15,16). The van der Waals surface area contributed by atoms with Crippen molar-refractivity contribution < 1.29 is 9.53 Å². The van der Waals surface area contributed by atoms with E-state index < -0.39 is 0 Å². The Balaban J connectivity index is 2.47. The van der Waals surface area contributed by atoms with Crippen LogP contribution in [0.2, 0.25) is 0 Å². The van der Waals surface area contributed by atoms with Gasteiger partial charge in [0.2, 0.25) is 11.8 Å². The predicted molar refractivity (Wildman–Crippen MR) is 67.2 cm³/mol. The molecule has 17 heavy (non-hydrogen) atoms. The fourth-order valence-corrected chi connectivity index (χ4v) is 1.26. The van der Waals surface area contributed by atoms with Crippen LogP contribution in [0, 0.1) is 0 Å². The van der Waals surface area contributed by atoms with Crippen LogP contribution in [0.5, 0.6) is 5.88 Å². The molecule has 5 nitrogen and oxygen atoms in total. The van der Waals surface area contributed by atoms with Gasteiger partial charge in [-0.25, -0.2) is 0 Å². The molecule has 1 amide bonds. The Morgan fingerprint density at radius 1 is 1.41 bits per heavy atom. The van der Waals surface area contributed by atoms with Gasteiger partial charge < -0.3 is 15.4 Å². The Bertz CT molecular complexity index is 386. The van der Waals surface area contributed by atoms with Gasteiger partial charge in [0.05, 0.1) is 13.7 Å². The molecule has 0 radical (unpaired) electrons. The van der Waals surface area contributed by atoms with Crippen molar-refractivity contribution in [3.63, 3.8) is 0 Å². The molecule has 1 heterocycles. The van der Waals surface area contributed by atoms with E-state index in [9.17, 15) is 4.79 Å². The number of hydrogen-bond acceptors (Lipinski definition) is 4. The first-order chi connectivity index (χ1) is 7.90. The SMILES string of the molecule is COc1cccc(NCC(=O)NC(C)(C)C)n1. The van der Waals surface area contributed by atoms with Gasteiger partial charge in [0.15, 0.2) is 0 Å². The summed E-state index contributed by atoms with van der Waals surface area (Å²) in [6.07, 6.45) is 0. The van der Waals surface area contributed by atoms with Crippen LogP contribution in [0.15, 0.2) is 18.2 Å². The van der Waals surface area contributed by atoms with E-state index in [4.69, 9.17) is 4.74 Å². The lowest BCUT2D eigenvalue weighted by Crippen LogP contribution is -2.43. The highest BCUT2D eigenvalue weighted by Gasteiger charge is 2.13. The van der Waals surface area contributed by atoms with Gasteiger partial charge in [0.1, 0.15) is 5.82 Å². The van der Waals surface area contributed by atoms with E-state index in [1.807, 2.05) is 26.8 Å². The highest BCUT2D eigenvalue weighted by molar-refractivity contribution is 5.81. The molecule has 0 aliphatic rings. The quantitative estimate of drug-likeness (QED) is 0.831. The lowest BCUT2D eigenvalue weighted by molar-refractivity contribution is -0.120. The first-order valence-corrected chi connectivity index (χ1v) is 5.46. The summed E-state index contributed by atoms with van der Waals surface area (Å²) in [4.78, 5) is 15.7. The van der Waals surface area contributed by atoms with Gasteiger partial charge in [0, 0.05) is 11.6 Å². The van der Waals surface area contributed by atoms with Crippen LogP contribution in [0.25, 0.3) is 0 Å². The topological polar surface area (TPSA) is 63.2 Å². The molecule has 0 spiro atoms. The monoisotopic (exact) mass is 237 g/mol. The molecule has 0 bridgehead atoms. The van der Waals surface area contributed by atoms with Gasteiger partial charge in [-0.3, -0.25) is 4.79 Å². The van der Waals surface area contributed by atoms with Crippen LogP contribution in [0.3, 0.4) is 0 Å². The average molecular weight is 237 g/mol. The fraction of sp³-hybridized carbons (Fsp3) is 0.500. The Morgan fingerprint density at radius 2 is 2.12 bits per heavy atom. The molecule has 1 aromatic heterocycles. The molecule has 1 aromatic rings. The van der Waals surface area contributed by atoms with Crippen LogP contribution in [0.1, 0.15) is 20.8 Å². The number of anilines is 1. The maximum absolute atomic E-state index is 11.6. The first-order valence-electron chi connectivity index (χ1n) is 5.46. The van der Waals surface area contributed by atoms with E-state index in [0.29, 0.717) is 11.7 Å². The van der Waals surface area contributed by atoms with Gasteiger partial charge in [-0.05, 0) is 26.8 Å². The number of aromatic nitrogens is 1. The molecule has 0 aliphatic heterocycles. The third-order valence-corrected chi connectivity index (χ3v) is 1.88. The van der Waals surface area contributed by atoms with Crippen LogP contribution in [-0.4, -0.2) is 30.1 Å². The largest absolute Gasteiger partial charge is 0.481 e. The molecule has 0 saturated heterocycles. The zero-order valence-electron chi connectivity index (χ0n) is 10.7. The fourth-order valence-electron chi connectivity index (χ4n) is 1.26. The minimum absolute atomic E-state index is 0.0675. The van der Waals surface area contributed by atoms with Gasteiger partial charge >= 0.3 is 0 Å². The molecule has 5 heteroatoms. The average Bonchev–Trinajstić information content (AvgIpc) is 2.24. The van der Waals surface area contributed by atoms with Crippen molar-refractivity contribution in [2.45, 2.75) is 26.3 Å². The molecule has 0 aliphatic carbocycles. The second kappa shape index (κ2) is 5.52. The number of pyridine rings is 1. The summed E-state index contributed by atoms with van der Waals surface area (Å²) in [6, 6.07) is 5.35. The highest BCUT2D eigenvalue weighted by Crippen LogP contribution is 2.10. The van der Waals surface area contributed by atoms with Gasteiger partial charge in [-0.15, -0.1) is 0 Å². The summed E-state index contributed by atoms with van der Waals surface area (Å²) in [6.45, 7) is 6.01. The van der Waals surface area contributed by atoms with Crippen molar-refractivity contribution >= 4 is 11.7 Å². The Hall–Kier alpha value is -1.78. The summed E-state index contributed by atoms with van der Waals surface area (Å²) in [5, 5.41) is 5.80. The molecule has 94 valence electrons. The molecular weight excluding hydrogens is 218 g/mol. The van der Waals surface area contributed by atoms with E-state index in [0.717, 1.165) is 0 Å². The number of carbonyl (C=O) groups is 1. The number of ether oxygens (including phenoxy) is 1. The first kappa shape index (κ1) is 13.3. The van der Waals surface area contributed by atoms with E-state index in [-0.39, 0.29) is 18.0 Å². The molecule has 0 saturated carbocycles. The maximum Gasteiger partial charge on any atom is 0.239 e. The van der Waals surface area contributed by atoms with Crippen molar-refractivity contribution in [2.24, 2.45) is 0 Å². The number of hydrogen-bond donors (Lipinski definition) is 2. The minimum atomic E-state index is -0.222. The molecule has 2 N–H and O–H groups in total. The van der Waals surface area contributed by atoms with E-state index in [1.165, 1.54) is 0 Å². The van der Waals surface area contributed by atoms with Crippen LogP contribution in [-0.2, 0) is 4.79 Å². The van der Waals surface area contributed by atoms with Crippen LogP contribution < -0.4 is 15.4 Å². The lowest BCUT2D eigenvalue weighted by Gasteiger charge is -2.20. The summed E-state index contributed by atoms with van der Waals surface area (Å²) in [5.74, 6) is 1.07. The van der Waals surface area contributed by atoms with Gasteiger partial charge in [0.25, 0.3) is 0 Å². The summed E-state index contributed by atoms with van der Waals surface area (Å²) in [7, 11) is 1.55. The van der Waals surface area contributed by atoms with Crippen LogP contribution >= 0.6 is 0 Å². The number of methoxy groups -OCH3 is 1. The zero-order valence-corrected chi connectivity index (χ0v) is 10.7. The zero-order chi connectivity index (χ0) is 12.9. The van der Waals surface area contributed by atoms with Crippen LogP contribution in [0.4, 0.5) is 5.82 Å². The normalized spacial score (nSPS) is 10.8.